The van der Waals surface area contributed by atoms with Crippen molar-refractivity contribution in [3.05, 3.63) is 48.2 Å². The van der Waals surface area contributed by atoms with E-state index in [9.17, 15) is 13.6 Å². The number of amides is 1. The molecule has 0 atom stereocenters. The van der Waals surface area contributed by atoms with Crippen molar-refractivity contribution in [2.24, 2.45) is 0 Å². The molecule has 0 unspecified atom stereocenters. The predicted molar refractivity (Wildman–Crippen MR) is 105 cm³/mol. The zero-order valence-corrected chi connectivity index (χ0v) is 16.2. The van der Waals surface area contributed by atoms with Crippen molar-refractivity contribution in [3.8, 4) is 23.0 Å². The van der Waals surface area contributed by atoms with Crippen LogP contribution in [0.15, 0.2) is 36.5 Å². The van der Waals surface area contributed by atoms with Crippen LogP contribution in [0.3, 0.4) is 0 Å². The quantitative estimate of drug-likeness (QED) is 0.560. The van der Waals surface area contributed by atoms with Crippen molar-refractivity contribution in [3.63, 3.8) is 0 Å². The second kappa shape index (κ2) is 8.68. The van der Waals surface area contributed by atoms with Gasteiger partial charge in [-0.15, -0.1) is 0 Å². The molecule has 158 valence electrons. The van der Waals surface area contributed by atoms with Crippen LogP contribution in [0.4, 0.5) is 19.3 Å². The zero-order chi connectivity index (χ0) is 21.8. The van der Waals surface area contributed by atoms with Crippen LogP contribution in [-0.4, -0.2) is 48.4 Å². The number of hydrogen-bond acceptors (Lipinski definition) is 6. The molecule has 1 amide bonds. The summed E-state index contributed by atoms with van der Waals surface area (Å²) in [5, 5.41) is 9.32. The number of carboxylic acid groups (broad SMARTS) is 1. The van der Waals surface area contributed by atoms with Gasteiger partial charge in [-0.25, -0.2) is 13.6 Å². The number of fused-ring (bicyclic) bond motifs is 1. The predicted octanol–water partition coefficient (Wildman–Crippen LogP) is 3.88. The molecule has 3 aromatic rings. The molecule has 0 radical (unpaired) electrons. The first-order valence-electron chi connectivity index (χ1n) is 8.76. The van der Waals surface area contributed by atoms with Gasteiger partial charge >= 0.3 is 6.09 Å². The molecule has 0 aliphatic rings. The third kappa shape index (κ3) is 4.43. The molecule has 10 heteroatoms. The number of anilines is 1. The first-order valence-corrected chi connectivity index (χ1v) is 8.76. The molecule has 3 N–H and O–H groups in total. The largest absolute Gasteiger partial charge is 0.493 e. The highest BCUT2D eigenvalue weighted by atomic mass is 19.1. The van der Waals surface area contributed by atoms with E-state index in [2.05, 4.69) is 4.98 Å². The normalized spacial score (nSPS) is 10.7. The van der Waals surface area contributed by atoms with Crippen molar-refractivity contribution in [2.75, 3.05) is 33.0 Å². The molecule has 0 aliphatic carbocycles. The van der Waals surface area contributed by atoms with Gasteiger partial charge in [0.15, 0.2) is 28.9 Å². The maximum Gasteiger partial charge on any atom is 0.407 e. The van der Waals surface area contributed by atoms with Gasteiger partial charge in [0.25, 0.3) is 0 Å². The molecule has 1 heterocycles. The summed E-state index contributed by atoms with van der Waals surface area (Å²) in [6, 6.07) is 6.50. The highest BCUT2D eigenvalue weighted by molar-refractivity contribution is 5.88. The monoisotopic (exact) mass is 419 g/mol. The summed E-state index contributed by atoms with van der Waals surface area (Å²) >= 11 is 0. The molecule has 0 spiro atoms. The molecule has 8 nitrogen and oxygen atoms in total. The Kier molecular flexibility index (Phi) is 6.05. The fraction of sp³-hybridized carbons (Fsp3) is 0.200. The van der Waals surface area contributed by atoms with E-state index in [1.807, 2.05) is 0 Å². The minimum atomic E-state index is -1.07. The average molecular weight is 419 g/mol. The van der Waals surface area contributed by atoms with Crippen molar-refractivity contribution < 1.29 is 32.9 Å². The van der Waals surface area contributed by atoms with Gasteiger partial charge in [-0.1, -0.05) is 0 Å². The van der Waals surface area contributed by atoms with Crippen LogP contribution in [0.5, 0.6) is 23.0 Å². The van der Waals surface area contributed by atoms with Crippen LogP contribution in [0, 0.1) is 11.6 Å². The van der Waals surface area contributed by atoms with E-state index in [0.29, 0.717) is 22.4 Å². The molecule has 0 fully saturated rings. The van der Waals surface area contributed by atoms with E-state index in [0.717, 1.165) is 17.0 Å². The maximum absolute atomic E-state index is 14.1. The molecule has 2 aromatic carbocycles. The molecular weight excluding hydrogens is 400 g/mol. The highest BCUT2D eigenvalue weighted by Crippen LogP contribution is 2.38. The first kappa shape index (κ1) is 20.9. The third-order valence-corrected chi connectivity index (χ3v) is 4.23. The van der Waals surface area contributed by atoms with Gasteiger partial charge < -0.3 is 30.0 Å². The molecule has 30 heavy (non-hydrogen) atoms. The summed E-state index contributed by atoms with van der Waals surface area (Å²) in [6.07, 6.45) is 0.342. The number of hydrogen-bond donors (Lipinski definition) is 2. The van der Waals surface area contributed by atoms with Crippen LogP contribution in [0.25, 0.3) is 10.9 Å². The van der Waals surface area contributed by atoms with Gasteiger partial charge in [0, 0.05) is 42.5 Å². The lowest BCUT2D eigenvalue weighted by atomic mass is 10.1. The first-order chi connectivity index (χ1) is 14.3. The number of halogens is 2. The Balaban J connectivity index is 1.92. The van der Waals surface area contributed by atoms with Gasteiger partial charge in [-0.05, 0) is 12.1 Å². The Hall–Kier alpha value is -3.82. The number of rotatable bonds is 7. The summed E-state index contributed by atoms with van der Waals surface area (Å²) in [4.78, 5) is 16.2. The van der Waals surface area contributed by atoms with Crippen LogP contribution in [-0.2, 0) is 0 Å². The fourth-order valence-electron chi connectivity index (χ4n) is 2.66. The third-order valence-electron chi connectivity index (χ3n) is 4.23. The van der Waals surface area contributed by atoms with E-state index in [-0.39, 0.29) is 24.6 Å². The summed E-state index contributed by atoms with van der Waals surface area (Å²) in [5.74, 6) is -1.67. The summed E-state index contributed by atoms with van der Waals surface area (Å²) in [6.45, 7) is 0.228. The standard InChI is InChI=1S/C20H19F2N3O5/c1-25(20(26)27)5-6-29-18-10-15-12(9-17(18)28-2)16(3-4-24-15)30-19-13(21)7-11(23)8-14(19)22/h3-4,7-10H,5-6,23H2,1-2H3,(H,26,27). The van der Waals surface area contributed by atoms with Gasteiger partial charge in [0.2, 0.25) is 0 Å². The molecule has 3 rings (SSSR count). The molecular formula is C20H19F2N3O5. The maximum atomic E-state index is 14.1. The Morgan fingerprint density at radius 1 is 1.17 bits per heavy atom. The number of benzene rings is 2. The number of methoxy groups -OCH3 is 1. The Morgan fingerprint density at radius 3 is 2.50 bits per heavy atom. The molecule has 1 aromatic heterocycles. The number of pyridine rings is 1. The van der Waals surface area contributed by atoms with Crippen LogP contribution >= 0.6 is 0 Å². The topological polar surface area (TPSA) is 107 Å². The molecule has 0 saturated carbocycles. The van der Waals surface area contributed by atoms with Crippen molar-refractivity contribution >= 4 is 22.7 Å². The van der Waals surface area contributed by atoms with E-state index in [1.54, 1.807) is 12.1 Å². The highest BCUT2D eigenvalue weighted by Gasteiger charge is 2.17. The average Bonchev–Trinajstić information content (AvgIpc) is 2.69. The van der Waals surface area contributed by atoms with Gasteiger partial charge in [0.05, 0.1) is 19.2 Å². The SMILES string of the molecule is COc1cc2c(Oc3c(F)cc(N)cc3F)ccnc2cc1OCCN(C)C(=O)O. The number of likely N-dealkylation sites (N-methyl/N-ethyl adjacent to an activating group) is 1. The Morgan fingerprint density at radius 2 is 1.87 bits per heavy atom. The van der Waals surface area contributed by atoms with Gasteiger partial charge in [0.1, 0.15) is 12.4 Å². The second-order valence-electron chi connectivity index (χ2n) is 6.30. The number of nitrogens with zero attached hydrogens (tertiary/aromatic N) is 2. The Bertz CT molecular complexity index is 1070. The fourth-order valence-corrected chi connectivity index (χ4v) is 2.66. The smallest absolute Gasteiger partial charge is 0.407 e. The lowest BCUT2D eigenvalue weighted by Gasteiger charge is -2.16. The zero-order valence-electron chi connectivity index (χ0n) is 16.2. The summed E-state index contributed by atoms with van der Waals surface area (Å²) < 4.78 is 44.7. The van der Waals surface area contributed by atoms with Gasteiger partial charge in [-0.3, -0.25) is 4.98 Å². The van der Waals surface area contributed by atoms with Crippen molar-refractivity contribution in [1.82, 2.24) is 9.88 Å². The number of nitrogen functional groups attached to an aromatic ring is 1. The van der Waals surface area contributed by atoms with Crippen LogP contribution < -0.4 is 19.9 Å². The van der Waals surface area contributed by atoms with Crippen molar-refractivity contribution in [1.29, 1.82) is 0 Å². The van der Waals surface area contributed by atoms with E-state index < -0.39 is 23.5 Å². The lowest BCUT2D eigenvalue weighted by molar-refractivity contribution is 0.146. The second-order valence-corrected chi connectivity index (χ2v) is 6.30. The number of ether oxygens (including phenoxy) is 3. The van der Waals surface area contributed by atoms with Gasteiger partial charge in [-0.2, -0.15) is 0 Å². The van der Waals surface area contributed by atoms with Crippen LogP contribution in [0.2, 0.25) is 0 Å². The van der Waals surface area contributed by atoms with Crippen molar-refractivity contribution in [2.45, 2.75) is 0 Å². The number of carbonyl (C=O) groups is 1. The molecule has 0 saturated heterocycles. The summed E-state index contributed by atoms with van der Waals surface area (Å²) in [7, 11) is 2.84. The minimum Gasteiger partial charge on any atom is -0.493 e. The van der Waals surface area contributed by atoms with E-state index >= 15 is 0 Å². The van der Waals surface area contributed by atoms with E-state index in [4.69, 9.17) is 25.1 Å². The minimum absolute atomic E-state index is 0.0612. The summed E-state index contributed by atoms with van der Waals surface area (Å²) in [5.41, 5.74) is 5.79. The number of nitrogens with two attached hydrogens (primary N) is 1. The molecule has 0 bridgehead atoms. The Labute approximate surface area is 170 Å². The van der Waals surface area contributed by atoms with E-state index in [1.165, 1.54) is 26.4 Å². The molecule has 0 aliphatic heterocycles. The number of aromatic nitrogens is 1. The van der Waals surface area contributed by atoms with Crippen LogP contribution in [0.1, 0.15) is 0 Å². The lowest BCUT2D eigenvalue weighted by Crippen LogP contribution is -2.29.